The second-order valence-corrected chi connectivity index (χ2v) is 3.45. The summed E-state index contributed by atoms with van der Waals surface area (Å²) in [5.74, 6) is 2.69. The molecule has 0 aromatic heterocycles. The Bertz CT molecular complexity index is 152. The highest BCUT2D eigenvalue weighted by Gasteiger charge is 2.15. The molecular formula is C10H18N2. The Kier molecular flexibility index (Phi) is 4.13. The van der Waals surface area contributed by atoms with Gasteiger partial charge >= 0.3 is 0 Å². The van der Waals surface area contributed by atoms with Gasteiger partial charge in [0.05, 0.1) is 6.54 Å². The monoisotopic (exact) mass is 166 g/mol. The Morgan fingerprint density at radius 2 is 2.33 bits per heavy atom. The quantitative estimate of drug-likeness (QED) is 0.607. The molecule has 0 spiro atoms. The summed E-state index contributed by atoms with van der Waals surface area (Å²) in [6, 6.07) is 0.691. The number of rotatable bonds is 2. The standard InChI is InChI=1S/C10H18N2/c1-3-9-12(2)10-5-4-7-11-8-6-10/h1,10-11H,4-9H2,2H3. The van der Waals surface area contributed by atoms with E-state index in [0.717, 1.165) is 13.1 Å². The first-order valence-corrected chi connectivity index (χ1v) is 4.69. The molecule has 1 aliphatic heterocycles. The normalized spacial score (nSPS) is 24.9. The van der Waals surface area contributed by atoms with E-state index in [9.17, 15) is 0 Å². The topological polar surface area (TPSA) is 15.3 Å². The highest BCUT2D eigenvalue weighted by molar-refractivity contribution is 4.89. The molecule has 1 atom stereocenters. The fraction of sp³-hybridized carbons (Fsp3) is 0.800. The van der Waals surface area contributed by atoms with Crippen LogP contribution in [0, 0.1) is 12.3 Å². The molecule has 1 fully saturated rings. The minimum atomic E-state index is 0.691. The number of hydrogen-bond donors (Lipinski definition) is 1. The highest BCUT2D eigenvalue weighted by Crippen LogP contribution is 2.10. The number of terminal acetylenes is 1. The predicted octanol–water partition coefficient (Wildman–Crippen LogP) is 0.694. The van der Waals surface area contributed by atoms with Crippen molar-refractivity contribution in [2.75, 3.05) is 26.7 Å². The second kappa shape index (κ2) is 5.18. The van der Waals surface area contributed by atoms with Crippen molar-refractivity contribution in [3.05, 3.63) is 0 Å². The van der Waals surface area contributed by atoms with Crippen LogP contribution in [0.2, 0.25) is 0 Å². The first kappa shape index (κ1) is 9.57. The molecule has 0 amide bonds. The Morgan fingerprint density at radius 3 is 3.08 bits per heavy atom. The molecule has 2 heteroatoms. The molecule has 1 N–H and O–H groups in total. The van der Waals surface area contributed by atoms with Gasteiger partial charge in [0.15, 0.2) is 0 Å². The third kappa shape index (κ3) is 2.84. The summed E-state index contributed by atoms with van der Waals surface area (Å²) < 4.78 is 0. The van der Waals surface area contributed by atoms with Gasteiger partial charge in [0.2, 0.25) is 0 Å². The average molecular weight is 166 g/mol. The maximum atomic E-state index is 5.27. The minimum absolute atomic E-state index is 0.691. The summed E-state index contributed by atoms with van der Waals surface area (Å²) in [5, 5.41) is 3.40. The van der Waals surface area contributed by atoms with Crippen LogP contribution in [0.15, 0.2) is 0 Å². The van der Waals surface area contributed by atoms with Gasteiger partial charge in [-0.15, -0.1) is 6.42 Å². The molecular weight excluding hydrogens is 148 g/mol. The van der Waals surface area contributed by atoms with Gasteiger partial charge in [-0.25, -0.2) is 0 Å². The molecule has 1 saturated heterocycles. The van der Waals surface area contributed by atoms with Crippen LogP contribution in [0.25, 0.3) is 0 Å². The van der Waals surface area contributed by atoms with Crippen LogP contribution in [0.4, 0.5) is 0 Å². The summed E-state index contributed by atoms with van der Waals surface area (Å²) in [7, 11) is 2.12. The van der Waals surface area contributed by atoms with E-state index >= 15 is 0 Å². The number of nitrogens with one attached hydrogen (secondary N) is 1. The van der Waals surface area contributed by atoms with Gasteiger partial charge in [-0.3, -0.25) is 4.90 Å². The molecule has 1 aliphatic rings. The van der Waals surface area contributed by atoms with E-state index < -0.39 is 0 Å². The maximum absolute atomic E-state index is 5.27. The van der Waals surface area contributed by atoms with Crippen molar-refractivity contribution < 1.29 is 0 Å². The van der Waals surface area contributed by atoms with E-state index in [1.54, 1.807) is 0 Å². The number of nitrogens with zero attached hydrogens (tertiary/aromatic N) is 1. The summed E-state index contributed by atoms with van der Waals surface area (Å²) in [5.41, 5.74) is 0. The summed E-state index contributed by atoms with van der Waals surface area (Å²) in [6.07, 6.45) is 9.06. The van der Waals surface area contributed by atoms with Gasteiger partial charge in [0, 0.05) is 6.04 Å². The van der Waals surface area contributed by atoms with E-state index in [1.165, 1.54) is 25.8 Å². The Hall–Kier alpha value is -0.520. The fourth-order valence-electron chi connectivity index (χ4n) is 1.71. The van der Waals surface area contributed by atoms with Crippen molar-refractivity contribution in [1.82, 2.24) is 10.2 Å². The summed E-state index contributed by atoms with van der Waals surface area (Å²) >= 11 is 0. The largest absolute Gasteiger partial charge is 0.317 e. The van der Waals surface area contributed by atoms with E-state index in [2.05, 4.69) is 23.2 Å². The zero-order chi connectivity index (χ0) is 8.81. The van der Waals surface area contributed by atoms with Gasteiger partial charge in [-0.05, 0) is 39.4 Å². The van der Waals surface area contributed by atoms with Gasteiger partial charge < -0.3 is 5.32 Å². The first-order valence-electron chi connectivity index (χ1n) is 4.69. The van der Waals surface area contributed by atoms with Crippen molar-refractivity contribution in [3.8, 4) is 12.3 Å². The zero-order valence-electron chi connectivity index (χ0n) is 7.84. The van der Waals surface area contributed by atoms with E-state index in [1.807, 2.05) is 0 Å². The van der Waals surface area contributed by atoms with Crippen molar-refractivity contribution in [1.29, 1.82) is 0 Å². The third-order valence-electron chi connectivity index (χ3n) is 2.51. The molecule has 0 aromatic carbocycles. The van der Waals surface area contributed by atoms with E-state index in [-0.39, 0.29) is 0 Å². The maximum Gasteiger partial charge on any atom is 0.0598 e. The molecule has 2 nitrogen and oxygen atoms in total. The van der Waals surface area contributed by atoms with Gasteiger partial charge in [-0.2, -0.15) is 0 Å². The molecule has 0 saturated carbocycles. The van der Waals surface area contributed by atoms with Crippen LogP contribution >= 0.6 is 0 Å². The van der Waals surface area contributed by atoms with Crippen LogP contribution in [-0.2, 0) is 0 Å². The van der Waals surface area contributed by atoms with Crippen molar-refractivity contribution in [3.63, 3.8) is 0 Å². The molecule has 1 unspecified atom stereocenters. The molecule has 1 heterocycles. The second-order valence-electron chi connectivity index (χ2n) is 3.45. The lowest BCUT2D eigenvalue weighted by Gasteiger charge is -2.24. The summed E-state index contributed by atoms with van der Waals surface area (Å²) in [6.45, 7) is 3.09. The van der Waals surface area contributed by atoms with Crippen molar-refractivity contribution in [2.45, 2.75) is 25.3 Å². The minimum Gasteiger partial charge on any atom is -0.317 e. The molecule has 0 aliphatic carbocycles. The zero-order valence-corrected chi connectivity index (χ0v) is 7.84. The van der Waals surface area contributed by atoms with Crippen LogP contribution in [-0.4, -0.2) is 37.6 Å². The first-order chi connectivity index (χ1) is 5.84. The van der Waals surface area contributed by atoms with Crippen molar-refractivity contribution in [2.24, 2.45) is 0 Å². The molecule has 68 valence electrons. The lowest BCUT2D eigenvalue weighted by molar-refractivity contribution is 0.250. The Balaban J connectivity index is 2.33. The van der Waals surface area contributed by atoms with Crippen LogP contribution in [0.5, 0.6) is 0 Å². The molecule has 0 bridgehead atoms. The van der Waals surface area contributed by atoms with Crippen LogP contribution in [0.1, 0.15) is 19.3 Å². The Morgan fingerprint density at radius 1 is 1.50 bits per heavy atom. The fourth-order valence-corrected chi connectivity index (χ4v) is 1.71. The van der Waals surface area contributed by atoms with E-state index in [0.29, 0.717) is 6.04 Å². The van der Waals surface area contributed by atoms with Gasteiger partial charge in [-0.1, -0.05) is 5.92 Å². The molecule has 1 rings (SSSR count). The smallest absolute Gasteiger partial charge is 0.0598 e. The van der Waals surface area contributed by atoms with E-state index in [4.69, 9.17) is 6.42 Å². The molecule has 12 heavy (non-hydrogen) atoms. The Labute approximate surface area is 75.3 Å². The average Bonchev–Trinajstić information content (AvgIpc) is 2.32. The van der Waals surface area contributed by atoms with Crippen LogP contribution < -0.4 is 5.32 Å². The lowest BCUT2D eigenvalue weighted by Crippen LogP contribution is -2.32. The van der Waals surface area contributed by atoms with Crippen LogP contribution in [0.3, 0.4) is 0 Å². The summed E-state index contributed by atoms with van der Waals surface area (Å²) in [4.78, 5) is 2.28. The van der Waals surface area contributed by atoms with Gasteiger partial charge in [0.1, 0.15) is 0 Å². The molecule has 0 aromatic rings. The van der Waals surface area contributed by atoms with Crippen molar-refractivity contribution >= 4 is 0 Å². The predicted molar refractivity (Wildman–Crippen MR) is 52.0 cm³/mol. The SMILES string of the molecule is C#CCN(C)C1CCCNCC1. The molecule has 0 radical (unpaired) electrons. The highest BCUT2D eigenvalue weighted by atomic mass is 15.1. The third-order valence-corrected chi connectivity index (χ3v) is 2.51. The lowest BCUT2D eigenvalue weighted by atomic mass is 10.1. The number of hydrogen-bond acceptors (Lipinski definition) is 2. The van der Waals surface area contributed by atoms with Gasteiger partial charge in [0.25, 0.3) is 0 Å².